The third kappa shape index (κ3) is 3.03. The molecule has 96 valence electrons. The standard InChI is InChI=1S/C12H9ClF3NS/c13-6-5-10-7-17-11(18-10)8-1-3-9(4-2-8)12(14,15)16/h1-4,7H,5-6H2. The maximum atomic E-state index is 12.4. The van der Waals surface area contributed by atoms with Gasteiger partial charge in [0.05, 0.1) is 5.56 Å². The van der Waals surface area contributed by atoms with Gasteiger partial charge in [0.1, 0.15) is 5.01 Å². The summed E-state index contributed by atoms with van der Waals surface area (Å²) in [5.41, 5.74) is 0.0395. The first kappa shape index (κ1) is 13.4. The summed E-state index contributed by atoms with van der Waals surface area (Å²) in [6, 6.07) is 5.01. The predicted molar refractivity (Wildman–Crippen MR) is 67.0 cm³/mol. The van der Waals surface area contributed by atoms with Crippen LogP contribution in [0.4, 0.5) is 13.2 Å². The number of thiazole rings is 1. The fourth-order valence-electron chi connectivity index (χ4n) is 1.45. The Kier molecular flexibility index (Phi) is 3.92. The van der Waals surface area contributed by atoms with E-state index in [1.165, 1.54) is 23.5 Å². The van der Waals surface area contributed by atoms with Gasteiger partial charge in [-0.15, -0.1) is 22.9 Å². The van der Waals surface area contributed by atoms with Crippen LogP contribution in [-0.4, -0.2) is 10.9 Å². The molecule has 0 saturated heterocycles. The number of nitrogens with zero attached hydrogens (tertiary/aromatic N) is 1. The molecule has 2 aromatic rings. The number of alkyl halides is 4. The Morgan fingerprint density at radius 1 is 1.17 bits per heavy atom. The molecule has 0 aliphatic heterocycles. The first-order valence-electron chi connectivity index (χ1n) is 5.19. The number of hydrogen-bond donors (Lipinski definition) is 0. The van der Waals surface area contributed by atoms with Crippen molar-refractivity contribution in [1.29, 1.82) is 0 Å². The third-order valence-corrected chi connectivity index (χ3v) is 3.65. The summed E-state index contributed by atoms with van der Waals surface area (Å²) in [6.07, 6.45) is -1.87. The molecule has 2 rings (SSSR count). The van der Waals surface area contributed by atoms with Crippen molar-refractivity contribution in [1.82, 2.24) is 4.98 Å². The van der Waals surface area contributed by atoms with Crippen LogP contribution in [-0.2, 0) is 12.6 Å². The highest BCUT2D eigenvalue weighted by Crippen LogP contribution is 2.32. The molecule has 1 aromatic heterocycles. The molecule has 0 N–H and O–H groups in total. The number of aromatic nitrogens is 1. The van der Waals surface area contributed by atoms with E-state index in [0.717, 1.165) is 23.4 Å². The summed E-state index contributed by atoms with van der Waals surface area (Å²) in [4.78, 5) is 5.20. The first-order chi connectivity index (χ1) is 8.50. The summed E-state index contributed by atoms with van der Waals surface area (Å²) >= 11 is 7.06. The third-order valence-electron chi connectivity index (χ3n) is 2.35. The summed E-state index contributed by atoms with van der Waals surface area (Å²) in [7, 11) is 0. The second-order valence-electron chi connectivity index (χ2n) is 3.65. The van der Waals surface area contributed by atoms with Crippen molar-refractivity contribution in [2.45, 2.75) is 12.6 Å². The van der Waals surface area contributed by atoms with Crippen molar-refractivity contribution in [2.24, 2.45) is 0 Å². The highest BCUT2D eigenvalue weighted by Gasteiger charge is 2.30. The van der Waals surface area contributed by atoms with E-state index in [1.54, 1.807) is 6.20 Å². The monoisotopic (exact) mass is 291 g/mol. The van der Waals surface area contributed by atoms with Gasteiger partial charge in [-0.1, -0.05) is 12.1 Å². The molecule has 0 aliphatic rings. The molecule has 0 aliphatic carbocycles. The van der Waals surface area contributed by atoms with Gasteiger partial charge < -0.3 is 0 Å². The van der Waals surface area contributed by atoms with Gasteiger partial charge in [0.15, 0.2) is 0 Å². The molecule has 0 bridgehead atoms. The molecular weight excluding hydrogens is 283 g/mol. The second kappa shape index (κ2) is 5.28. The maximum Gasteiger partial charge on any atom is 0.416 e. The molecule has 0 atom stereocenters. The van der Waals surface area contributed by atoms with E-state index in [9.17, 15) is 13.2 Å². The molecular formula is C12H9ClF3NS. The fraction of sp³-hybridized carbons (Fsp3) is 0.250. The largest absolute Gasteiger partial charge is 0.416 e. The molecule has 0 unspecified atom stereocenters. The predicted octanol–water partition coefficient (Wildman–Crippen LogP) is 4.61. The van der Waals surface area contributed by atoms with Crippen LogP contribution in [0, 0.1) is 0 Å². The molecule has 0 spiro atoms. The lowest BCUT2D eigenvalue weighted by Crippen LogP contribution is -2.03. The van der Waals surface area contributed by atoms with Gasteiger partial charge in [-0.2, -0.15) is 13.2 Å². The Labute approximate surface area is 111 Å². The van der Waals surface area contributed by atoms with Crippen molar-refractivity contribution < 1.29 is 13.2 Å². The van der Waals surface area contributed by atoms with Crippen molar-refractivity contribution in [3.8, 4) is 10.6 Å². The van der Waals surface area contributed by atoms with E-state index in [1.807, 2.05) is 0 Å². The minimum Gasteiger partial charge on any atom is -0.244 e. The van der Waals surface area contributed by atoms with Gasteiger partial charge in [0, 0.05) is 22.5 Å². The fourth-order valence-corrected chi connectivity index (χ4v) is 2.68. The van der Waals surface area contributed by atoms with Crippen molar-refractivity contribution >= 4 is 22.9 Å². The zero-order chi connectivity index (χ0) is 13.2. The van der Waals surface area contributed by atoms with Crippen LogP contribution in [0.3, 0.4) is 0 Å². The number of halogens is 4. The number of benzene rings is 1. The average molecular weight is 292 g/mol. The molecule has 1 heterocycles. The van der Waals surface area contributed by atoms with Crippen molar-refractivity contribution in [3.05, 3.63) is 40.9 Å². The average Bonchev–Trinajstić information content (AvgIpc) is 2.77. The molecule has 18 heavy (non-hydrogen) atoms. The van der Waals surface area contributed by atoms with Gasteiger partial charge in [0.2, 0.25) is 0 Å². The van der Waals surface area contributed by atoms with E-state index in [2.05, 4.69) is 4.98 Å². The van der Waals surface area contributed by atoms with Gasteiger partial charge in [-0.3, -0.25) is 0 Å². The van der Waals surface area contributed by atoms with E-state index in [-0.39, 0.29) is 0 Å². The molecule has 6 heteroatoms. The van der Waals surface area contributed by atoms with Crippen LogP contribution in [0.1, 0.15) is 10.4 Å². The van der Waals surface area contributed by atoms with Crippen LogP contribution in [0.5, 0.6) is 0 Å². The van der Waals surface area contributed by atoms with Crippen LogP contribution in [0.25, 0.3) is 10.6 Å². The lowest BCUT2D eigenvalue weighted by atomic mass is 10.1. The minimum atomic E-state index is -4.30. The zero-order valence-corrected chi connectivity index (χ0v) is 10.7. The molecule has 1 nitrogen and oxygen atoms in total. The Morgan fingerprint density at radius 2 is 1.83 bits per heavy atom. The highest BCUT2D eigenvalue weighted by atomic mass is 35.5. The van der Waals surface area contributed by atoms with Crippen LogP contribution >= 0.6 is 22.9 Å². The first-order valence-corrected chi connectivity index (χ1v) is 6.54. The molecule has 0 saturated carbocycles. The molecule has 1 aromatic carbocycles. The number of aryl methyl sites for hydroxylation is 1. The van der Waals surface area contributed by atoms with E-state index >= 15 is 0 Å². The molecule has 0 radical (unpaired) electrons. The maximum absolute atomic E-state index is 12.4. The minimum absolute atomic E-state index is 0.509. The van der Waals surface area contributed by atoms with E-state index in [4.69, 9.17) is 11.6 Å². The Bertz CT molecular complexity index is 519. The van der Waals surface area contributed by atoms with Gasteiger partial charge in [-0.25, -0.2) is 4.98 Å². The summed E-state index contributed by atoms with van der Waals surface area (Å²) < 4.78 is 37.2. The number of rotatable bonds is 3. The van der Waals surface area contributed by atoms with Gasteiger partial charge in [0.25, 0.3) is 0 Å². The van der Waals surface area contributed by atoms with Crippen molar-refractivity contribution in [2.75, 3.05) is 5.88 Å². The Hall–Kier alpha value is -1.07. The SMILES string of the molecule is FC(F)(F)c1ccc(-c2ncc(CCCl)s2)cc1. The molecule has 0 fully saturated rings. The second-order valence-corrected chi connectivity index (χ2v) is 5.14. The molecule has 0 amide bonds. The lowest BCUT2D eigenvalue weighted by molar-refractivity contribution is -0.137. The van der Waals surface area contributed by atoms with E-state index in [0.29, 0.717) is 16.5 Å². The van der Waals surface area contributed by atoms with Crippen molar-refractivity contribution in [3.63, 3.8) is 0 Å². The summed E-state index contributed by atoms with van der Waals surface area (Å²) in [6.45, 7) is 0. The number of hydrogen-bond acceptors (Lipinski definition) is 2. The Balaban J connectivity index is 2.23. The van der Waals surface area contributed by atoms with E-state index < -0.39 is 11.7 Å². The summed E-state index contributed by atoms with van der Waals surface area (Å²) in [5.74, 6) is 0.509. The highest BCUT2D eigenvalue weighted by molar-refractivity contribution is 7.15. The van der Waals surface area contributed by atoms with Gasteiger partial charge >= 0.3 is 6.18 Å². The lowest BCUT2D eigenvalue weighted by Gasteiger charge is -2.06. The Morgan fingerprint density at radius 3 is 2.39 bits per heavy atom. The topological polar surface area (TPSA) is 12.9 Å². The van der Waals surface area contributed by atoms with Crippen LogP contribution in [0.2, 0.25) is 0 Å². The van der Waals surface area contributed by atoms with Crippen LogP contribution in [0.15, 0.2) is 30.5 Å². The smallest absolute Gasteiger partial charge is 0.244 e. The summed E-state index contributed by atoms with van der Waals surface area (Å²) in [5, 5.41) is 0.712. The van der Waals surface area contributed by atoms with Gasteiger partial charge in [-0.05, 0) is 18.6 Å². The zero-order valence-electron chi connectivity index (χ0n) is 9.17. The van der Waals surface area contributed by atoms with Crippen LogP contribution < -0.4 is 0 Å². The quantitative estimate of drug-likeness (QED) is 0.753. The normalized spacial score (nSPS) is 11.8.